The van der Waals surface area contributed by atoms with Gasteiger partial charge in [0.25, 0.3) is 0 Å². The molecule has 3 nitrogen and oxygen atoms in total. The average molecular weight is 268 g/mol. The number of nitrogen functional groups attached to an aromatic ring is 1. The minimum Gasteiger partial charge on any atom is -0.504 e. The van der Waals surface area contributed by atoms with E-state index in [1.807, 2.05) is 0 Å². The maximum atomic E-state index is 9.08. The summed E-state index contributed by atoms with van der Waals surface area (Å²) in [7, 11) is 0. The molecule has 0 aliphatic heterocycles. The van der Waals surface area contributed by atoms with Crippen LogP contribution in [0.25, 0.3) is 0 Å². The topological polar surface area (TPSA) is 59.1 Å². The summed E-state index contributed by atoms with van der Waals surface area (Å²) in [5.74, 6) is -0.0248. The number of anilines is 1. The monoisotopic (exact) mass is 266 g/mol. The normalized spacial score (nSPS) is 9.80. The van der Waals surface area contributed by atoms with Crippen LogP contribution in [0, 0.1) is 0 Å². The van der Waals surface area contributed by atoms with Crippen molar-refractivity contribution in [3.8, 4) is 5.75 Å². The molecule has 0 unspecified atom stereocenters. The highest BCUT2D eigenvalue weighted by molar-refractivity contribution is 9.11. The Bertz CT molecular complexity index is 241. The van der Waals surface area contributed by atoms with Gasteiger partial charge in [-0.15, -0.1) is 0 Å². The van der Waals surface area contributed by atoms with E-state index in [-0.39, 0.29) is 5.75 Å². The molecule has 0 saturated heterocycles. The van der Waals surface area contributed by atoms with Crippen LogP contribution in [0.2, 0.25) is 0 Å². The quantitative estimate of drug-likeness (QED) is 0.706. The predicted molar refractivity (Wildman–Crippen MR) is 45.7 cm³/mol. The molecule has 0 aromatic carbocycles. The van der Waals surface area contributed by atoms with E-state index in [9.17, 15) is 0 Å². The van der Waals surface area contributed by atoms with Gasteiger partial charge in [0.15, 0.2) is 10.4 Å². The van der Waals surface area contributed by atoms with Gasteiger partial charge in [-0.2, -0.15) is 0 Å². The van der Waals surface area contributed by atoms with Crippen LogP contribution in [0.3, 0.4) is 0 Å². The highest BCUT2D eigenvalue weighted by Crippen LogP contribution is 2.29. The fourth-order valence-corrected chi connectivity index (χ4v) is 1.58. The number of aromatic hydroxyl groups is 1. The number of nitrogens with two attached hydrogens (primary N) is 1. The molecule has 54 valence electrons. The van der Waals surface area contributed by atoms with Gasteiger partial charge in [0.1, 0.15) is 4.60 Å². The Morgan fingerprint density at radius 3 is 2.60 bits per heavy atom. The van der Waals surface area contributed by atoms with Gasteiger partial charge in [0, 0.05) is 0 Å². The van der Waals surface area contributed by atoms with Crippen LogP contribution >= 0.6 is 31.9 Å². The Morgan fingerprint density at radius 2 is 2.10 bits per heavy atom. The first-order chi connectivity index (χ1) is 4.61. The highest BCUT2D eigenvalue weighted by Gasteiger charge is 2.03. The maximum absolute atomic E-state index is 9.08. The van der Waals surface area contributed by atoms with Crippen molar-refractivity contribution in [2.24, 2.45) is 0 Å². The van der Waals surface area contributed by atoms with Gasteiger partial charge < -0.3 is 10.8 Å². The Labute approximate surface area is 74.5 Å². The number of nitrogens with zero attached hydrogens (tertiary/aromatic N) is 1. The average Bonchev–Trinajstić information content (AvgIpc) is 1.82. The van der Waals surface area contributed by atoms with Crippen molar-refractivity contribution in [3.05, 3.63) is 15.3 Å². The molecule has 0 radical (unpaired) electrons. The van der Waals surface area contributed by atoms with Crippen molar-refractivity contribution >= 4 is 37.5 Å². The lowest BCUT2D eigenvalue weighted by molar-refractivity contribution is 0.471. The minimum atomic E-state index is -0.0248. The molecule has 5 heteroatoms. The molecule has 1 aromatic heterocycles. The molecule has 0 aliphatic rings. The van der Waals surface area contributed by atoms with Crippen LogP contribution < -0.4 is 5.73 Å². The van der Waals surface area contributed by atoms with Crippen LogP contribution in [-0.4, -0.2) is 10.1 Å². The van der Waals surface area contributed by atoms with Gasteiger partial charge in [0.05, 0.1) is 5.69 Å². The largest absolute Gasteiger partial charge is 0.504 e. The summed E-state index contributed by atoms with van der Waals surface area (Å²) in [5.41, 5.74) is 5.67. The number of halogens is 2. The van der Waals surface area contributed by atoms with Crippen LogP contribution in [-0.2, 0) is 0 Å². The molecule has 0 spiro atoms. The van der Waals surface area contributed by atoms with E-state index < -0.39 is 0 Å². The summed E-state index contributed by atoms with van der Waals surface area (Å²) < 4.78 is 0.939. The smallest absolute Gasteiger partial charge is 0.171 e. The lowest BCUT2D eigenvalue weighted by atomic mass is 10.4. The summed E-state index contributed by atoms with van der Waals surface area (Å²) in [4.78, 5) is 3.84. The van der Waals surface area contributed by atoms with E-state index in [0.717, 1.165) is 0 Å². The standard InChI is InChI=1S/C5H4Br2N2O/c6-3-1-2(8)4(10)5(7)9-3/h1,10H,(H2,8,9). The number of rotatable bonds is 0. The Balaban J connectivity index is 3.31. The molecule has 0 saturated carbocycles. The molecule has 0 atom stereocenters. The first-order valence-electron chi connectivity index (χ1n) is 2.41. The number of hydrogen-bond donors (Lipinski definition) is 2. The van der Waals surface area contributed by atoms with Gasteiger partial charge in [-0.05, 0) is 37.9 Å². The molecule has 1 aromatic rings. The fourth-order valence-electron chi connectivity index (χ4n) is 0.495. The zero-order valence-corrected chi connectivity index (χ0v) is 7.98. The van der Waals surface area contributed by atoms with Crippen LogP contribution in [0.5, 0.6) is 5.75 Å². The molecular formula is C5H4Br2N2O. The maximum Gasteiger partial charge on any atom is 0.171 e. The third kappa shape index (κ3) is 1.41. The Morgan fingerprint density at radius 1 is 1.50 bits per heavy atom. The highest BCUT2D eigenvalue weighted by atomic mass is 79.9. The first kappa shape index (κ1) is 7.81. The third-order valence-corrected chi connectivity index (χ3v) is 1.91. The first-order valence-corrected chi connectivity index (χ1v) is 4.00. The lowest BCUT2D eigenvalue weighted by Crippen LogP contribution is -1.88. The zero-order chi connectivity index (χ0) is 7.72. The predicted octanol–water partition coefficient (Wildman–Crippen LogP) is 1.89. The second-order valence-electron chi connectivity index (χ2n) is 1.67. The second-order valence-corrected chi connectivity index (χ2v) is 3.24. The van der Waals surface area contributed by atoms with Crippen LogP contribution in [0.1, 0.15) is 0 Å². The summed E-state index contributed by atoms with van der Waals surface area (Å²) >= 11 is 6.14. The van der Waals surface area contributed by atoms with E-state index in [0.29, 0.717) is 14.9 Å². The molecule has 0 fully saturated rings. The van der Waals surface area contributed by atoms with E-state index >= 15 is 0 Å². The summed E-state index contributed by atoms with van der Waals surface area (Å²) in [6.07, 6.45) is 0. The zero-order valence-electron chi connectivity index (χ0n) is 4.81. The number of pyridine rings is 1. The van der Waals surface area contributed by atoms with Gasteiger partial charge in [0.2, 0.25) is 0 Å². The van der Waals surface area contributed by atoms with E-state index in [2.05, 4.69) is 36.8 Å². The van der Waals surface area contributed by atoms with Crippen molar-refractivity contribution in [3.63, 3.8) is 0 Å². The molecule has 3 N–H and O–H groups in total. The Kier molecular flexibility index (Phi) is 2.15. The van der Waals surface area contributed by atoms with E-state index in [1.54, 1.807) is 0 Å². The van der Waals surface area contributed by atoms with Crippen molar-refractivity contribution in [2.75, 3.05) is 5.73 Å². The Hall–Kier alpha value is -0.290. The summed E-state index contributed by atoms with van der Waals surface area (Å²) in [6, 6.07) is 1.53. The third-order valence-electron chi connectivity index (χ3n) is 0.948. The number of aromatic nitrogens is 1. The fraction of sp³-hybridized carbons (Fsp3) is 0. The van der Waals surface area contributed by atoms with E-state index in [1.165, 1.54) is 6.07 Å². The van der Waals surface area contributed by atoms with Gasteiger partial charge in [-0.1, -0.05) is 0 Å². The molecule has 1 heterocycles. The molecule has 1 rings (SSSR count). The number of hydrogen-bond acceptors (Lipinski definition) is 3. The molecular weight excluding hydrogens is 264 g/mol. The van der Waals surface area contributed by atoms with Gasteiger partial charge in [-0.3, -0.25) is 0 Å². The molecule has 0 aliphatic carbocycles. The van der Waals surface area contributed by atoms with Crippen molar-refractivity contribution < 1.29 is 5.11 Å². The van der Waals surface area contributed by atoms with Gasteiger partial charge >= 0.3 is 0 Å². The SMILES string of the molecule is Nc1cc(Br)nc(Br)c1O. The summed E-state index contributed by atoms with van der Waals surface area (Å²) in [6.45, 7) is 0. The van der Waals surface area contributed by atoms with Crippen molar-refractivity contribution in [2.45, 2.75) is 0 Å². The van der Waals surface area contributed by atoms with Crippen molar-refractivity contribution in [1.82, 2.24) is 4.98 Å². The molecule has 0 amide bonds. The van der Waals surface area contributed by atoms with E-state index in [4.69, 9.17) is 10.8 Å². The molecule has 0 bridgehead atoms. The minimum absolute atomic E-state index is 0.0248. The van der Waals surface area contributed by atoms with Gasteiger partial charge in [-0.25, -0.2) is 4.98 Å². The van der Waals surface area contributed by atoms with Crippen molar-refractivity contribution in [1.29, 1.82) is 0 Å². The lowest BCUT2D eigenvalue weighted by Gasteiger charge is -1.99. The summed E-state index contributed by atoms with van der Waals surface area (Å²) in [5, 5.41) is 9.08. The van der Waals surface area contributed by atoms with Crippen LogP contribution in [0.4, 0.5) is 5.69 Å². The molecule has 10 heavy (non-hydrogen) atoms. The second kappa shape index (κ2) is 2.75. The van der Waals surface area contributed by atoms with Crippen LogP contribution in [0.15, 0.2) is 15.3 Å².